The number of amides is 1. The number of aliphatic hydroxyl groups excluding tert-OH is 1. The molecule has 4 heteroatoms. The number of rotatable bonds is 2. The molecule has 4 nitrogen and oxygen atoms in total. The van der Waals surface area contributed by atoms with Crippen LogP contribution in [0, 0.1) is 11.8 Å². The van der Waals surface area contributed by atoms with E-state index in [4.69, 9.17) is 5.11 Å². The van der Waals surface area contributed by atoms with Gasteiger partial charge in [0.25, 0.3) is 5.91 Å². The first-order chi connectivity index (χ1) is 9.74. The number of nitrogens with zero attached hydrogens (tertiary/aromatic N) is 2. The van der Waals surface area contributed by atoms with E-state index < -0.39 is 0 Å². The van der Waals surface area contributed by atoms with Gasteiger partial charge in [-0.25, -0.2) is 0 Å². The quantitative estimate of drug-likeness (QED) is 0.836. The molecule has 1 aliphatic heterocycles. The van der Waals surface area contributed by atoms with Gasteiger partial charge in [0.15, 0.2) is 0 Å². The third-order valence-corrected chi connectivity index (χ3v) is 3.58. The third kappa shape index (κ3) is 3.37. The zero-order valence-electron chi connectivity index (χ0n) is 11.8. The van der Waals surface area contributed by atoms with Crippen LogP contribution >= 0.6 is 0 Å². The Morgan fingerprint density at radius 2 is 2.40 bits per heavy atom. The molecule has 1 aromatic heterocycles. The number of likely N-dealkylation sites (tertiary alicyclic amines) is 1. The topological polar surface area (TPSA) is 53.4 Å². The summed E-state index contributed by atoms with van der Waals surface area (Å²) in [6, 6.07) is 2.01. The third-order valence-electron chi connectivity index (χ3n) is 3.58. The van der Waals surface area contributed by atoms with Crippen LogP contribution < -0.4 is 0 Å². The average Bonchev–Trinajstić information content (AvgIpc) is 2.48. The minimum absolute atomic E-state index is 0.0275. The van der Waals surface area contributed by atoms with Crippen LogP contribution in [0.5, 0.6) is 0 Å². The zero-order chi connectivity index (χ0) is 14.4. The van der Waals surface area contributed by atoms with Crippen molar-refractivity contribution < 1.29 is 9.90 Å². The van der Waals surface area contributed by atoms with E-state index in [2.05, 4.69) is 23.7 Å². The summed E-state index contributed by atoms with van der Waals surface area (Å²) in [5.41, 5.74) is 1.25. The van der Waals surface area contributed by atoms with Gasteiger partial charge in [-0.15, -0.1) is 0 Å². The molecule has 0 bridgehead atoms. The number of carbonyl (C=O) groups excluding carboxylic acids is 1. The molecule has 1 saturated heterocycles. The molecule has 1 amide bonds. The molecular formula is C16H20N2O2. The average molecular weight is 272 g/mol. The van der Waals surface area contributed by atoms with E-state index in [1.807, 2.05) is 4.90 Å². The first-order valence-electron chi connectivity index (χ1n) is 7.08. The molecule has 1 N–H and O–H groups in total. The summed E-state index contributed by atoms with van der Waals surface area (Å²) in [7, 11) is 0. The molecule has 106 valence electrons. The zero-order valence-corrected chi connectivity index (χ0v) is 11.8. The molecule has 0 aromatic carbocycles. The Bertz CT molecular complexity index is 531. The monoisotopic (exact) mass is 272 g/mol. The van der Waals surface area contributed by atoms with Crippen LogP contribution in [-0.4, -0.2) is 40.1 Å². The van der Waals surface area contributed by atoms with Gasteiger partial charge in [-0.2, -0.15) is 0 Å². The summed E-state index contributed by atoms with van der Waals surface area (Å²) in [5.74, 6) is 5.81. The lowest BCUT2D eigenvalue weighted by Gasteiger charge is -2.33. The molecule has 0 aliphatic carbocycles. The van der Waals surface area contributed by atoms with Crippen molar-refractivity contribution in [3.63, 3.8) is 0 Å². The lowest BCUT2D eigenvalue weighted by atomic mass is 10.0. The number of piperidine rings is 1. The van der Waals surface area contributed by atoms with E-state index in [0.29, 0.717) is 17.5 Å². The second-order valence-corrected chi connectivity index (χ2v) is 5.04. The number of aliphatic hydroxyl groups is 1. The number of hydrogen-bond donors (Lipinski definition) is 1. The van der Waals surface area contributed by atoms with Crippen molar-refractivity contribution in [3.05, 3.63) is 29.6 Å². The fraction of sp³-hybridized carbons (Fsp3) is 0.500. The molecule has 1 aliphatic rings. The lowest BCUT2D eigenvalue weighted by Crippen LogP contribution is -2.42. The molecule has 0 saturated carbocycles. The van der Waals surface area contributed by atoms with Gasteiger partial charge in [0, 0.05) is 31.4 Å². The van der Waals surface area contributed by atoms with Gasteiger partial charge in [0.1, 0.15) is 0 Å². The Balaban J connectivity index is 2.23. The fourth-order valence-corrected chi connectivity index (χ4v) is 2.45. The Labute approximate surface area is 119 Å². The van der Waals surface area contributed by atoms with Gasteiger partial charge in [-0.05, 0) is 32.3 Å². The predicted octanol–water partition coefficient (Wildman–Crippen LogP) is 1.83. The SMILES string of the molecule is CC1CCCCN1C(=O)c1ccncc1C#CCCO. The summed E-state index contributed by atoms with van der Waals surface area (Å²) in [6.45, 7) is 2.93. The maximum atomic E-state index is 12.6. The first kappa shape index (κ1) is 14.5. The van der Waals surface area contributed by atoms with Crippen molar-refractivity contribution in [2.24, 2.45) is 0 Å². The smallest absolute Gasteiger partial charge is 0.255 e. The van der Waals surface area contributed by atoms with Crippen molar-refractivity contribution in [2.75, 3.05) is 13.2 Å². The minimum atomic E-state index is 0.0275. The molecule has 1 atom stereocenters. The number of carbonyl (C=O) groups is 1. The van der Waals surface area contributed by atoms with Crippen molar-refractivity contribution >= 4 is 5.91 Å². The Kier molecular flexibility index (Phi) is 5.14. The van der Waals surface area contributed by atoms with Gasteiger partial charge in [-0.3, -0.25) is 9.78 Å². The van der Waals surface area contributed by atoms with Crippen molar-refractivity contribution in [1.82, 2.24) is 9.88 Å². The molecule has 0 spiro atoms. The molecule has 0 radical (unpaired) electrons. The van der Waals surface area contributed by atoms with Gasteiger partial charge < -0.3 is 10.0 Å². The van der Waals surface area contributed by atoms with E-state index in [1.165, 1.54) is 6.42 Å². The molecule has 20 heavy (non-hydrogen) atoms. The second kappa shape index (κ2) is 7.06. The normalized spacial score (nSPS) is 18.3. The van der Waals surface area contributed by atoms with Crippen LogP contribution in [0.15, 0.2) is 18.5 Å². The molecular weight excluding hydrogens is 252 g/mol. The predicted molar refractivity (Wildman–Crippen MR) is 77.2 cm³/mol. The van der Waals surface area contributed by atoms with Crippen LogP contribution in [0.1, 0.15) is 48.5 Å². The summed E-state index contributed by atoms with van der Waals surface area (Å²) < 4.78 is 0. The van der Waals surface area contributed by atoms with Gasteiger partial charge in [-0.1, -0.05) is 11.8 Å². The standard InChI is InChI=1S/C16H20N2O2/c1-13-6-2-4-10-18(13)16(20)15-8-9-17-12-14(15)7-3-5-11-19/h8-9,12-13,19H,2,4-6,10-11H2,1H3. The Morgan fingerprint density at radius 1 is 1.55 bits per heavy atom. The Hall–Kier alpha value is -1.86. The molecule has 1 aromatic rings. The van der Waals surface area contributed by atoms with E-state index in [-0.39, 0.29) is 18.6 Å². The molecule has 2 heterocycles. The summed E-state index contributed by atoms with van der Waals surface area (Å²) in [6.07, 6.45) is 6.95. The molecule has 1 fully saturated rings. The lowest BCUT2D eigenvalue weighted by molar-refractivity contribution is 0.0635. The molecule has 1 unspecified atom stereocenters. The van der Waals surface area contributed by atoms with E-state index in [1.54, 1.807) is 18.5 Å². The van der Waals surface area contributed by atoms with Crippen LogP contribution in [0.3, 0.4) is 0 Å². The largest absolute Gasteiger partial charge is 0.395 e. The van der Waals surface area contributed by atoms with Crippen molar-refractivity contribution in [2.45, 2.75) is 38.6 Å². The van der Waals surface area contributed by atoms with Crippen molar-refractivity contribution in [1.29, 1.82) is 0 Å². The van der Waals surface area contributed by atoms with Gasteiger partial charge in [0.2, 0.25) is 0 Å². The van der Waals surface area contributed by atoms with Crippen molar-refractivity contribution in [3.8, 4) is 11.8 Å². The maximum Gasteiger partial charge on any atom is 0.255 e. The minimum Gasteiger partial charge on any atom is -0.395 e. The summed E-state index contributed by atoms with van der Waals surface area (Å²) in [4.78, 5) is 18.6. The summed E-state index contributed by atoms with van der Waals surface area (Å²) in [5, 5.41) is 8.77. The highest BCUT2D eigenvalue weighted by molar-refractivity contribution is 5.96. The van der Waals surface area contributed by atoms with Crippen LogP contribution in [-0.2, 0) is 0 Å². The Morgan fingerprint density at radius 3 is 3.15 bits per heavy atom. The van der Waals surface area contributed by atoms with Crippen LogP contribution in [0.2, 0.25) is 0 Å². The van der Waals surface area contributed by atoms with Crippen LogP contribution in [0.25, 0.3) is 0 Å². The van der Waals surface area contributed by atoms with Gasteiger partial charge in [0.05, 0.1) is 17.7 Å². The maximum absolute atomic E-state index is 12.6. The molecule has 2 rings (SSSR count). The van der Waals surface area contributed by atoms with E-state index >= 15 is 0 Å². The highest BCUT2D eigenvalue weighted by Gasteiger charge is 2.25. The fourth-order valence-electron chi connectivity index (χ4n) is 2.45. The summed E-state index contributed by atoms with van der Waals surface area (Å²) >= 11 is 0. The number of hydrogen-bond acceptors (Lipinski definition) is 3. The number of pyridine rings is 1. The second-order valence-electron chi connectivity index (χ2n) is 5.04. The van der Waals surface area contributed by atoms with E-state index in [9.17, 15) is 4.79 Å². The number of aromatic nitrogens is 1. The highest BCUT2D eigenvalue weighted by atomic mass is 16.2. The highest BCUT2D eigenvalue weighted by Crippen LogP contribution is 2.20. The van der Waals surface area contributed by atoms with Crippen LogP contribution in [0.4, 0.5) is 0 Å². The van der Waals surface area contributed by atoms with E-state index in [0.717, 1.165) is 19.4 Å². The van der Waals surface area contributed by atoms with Gasteiger partial charge >= 0.3 is 0 Å². The first-order valence-corrected chi connectivity index (χ1v) is 7.08.